The minimum atomic E-state index is 0. The van der Waals surface area contributed by atoms with Crippen LogP contribution in [0.25, 0.3) is 0 Å². The minimum absolute atomic E-state index is 0. The van der Waals surface area contributed by atoms with Crippen LogP contribution in [0.5, 0.6) is 0 Å². The Kier molecular flexibility index (Phi) is 262. The summed E-state index contributed by atoms with van der Waals surface area (Å²) in [5.74, 6) is 0. The van der Waals surface area contributed by atoms with Gasteiger partial charge in [-0.1, -0.05) is 0 Å². The van der Waals surface area contributed by atoms with E-state index in [2.05, 4.69) is 0 Å². The Bertz CT molecular complexity index is 11.6. The Hall–Kier alpha value is 2.85. The molecule has 0 aliphatic carbocycles. The van der Waals surface area contributed by atoms with Crippen molar-refractivity contribution in [1.82, 2.24) is 0 Å². The van der Waals surface area contributed by atoms with Crippen molar-refractivity contribution in [1.29, 1.82) is 0 Å². The standard InChI is InChI=1S/Co.Cr.Mn.Ni.Sn.2H. The van der Waals surface area contributed by atoms with Gasteiger partial charge in [0, 0.05) is 67.7 Å². The second kappa shape index (κ2) is 28.9. The fraction of sp³-hybridized carbons (Fsp3) is 0. The van der Waals surface area contributed by atoms with Crippen molar-refractivity contribution in [2.24, 2.45) is 0 Å². The first-order valence-corrected chi connectivity index (χ1v) is 0. The van der Waals surface area contributed by atoms with Crippen LogP contribution in [0, 0.1) is 0 Å². The van der Waals surface area contributed by atoms with Crippen molar-refractivity contribution >= 4 is 23.9 Å². The first-order chi connectivity index (χ1) is 0. The summed E-state index contributed by atoms with van der Waals surface area (Å²) in [6, 6.07) is 0. The maximum absolute atomic E-state index is 0. The summed E-state index contributed by atoms with van der Waals surface area (Å²) < 4.78 is 0. The average molecular weight is 345 g/mol. The molecule has 0 aliphatic rings. The van der Waals surface area contributed by atoms with Gasteiger partial charge in [0.2, 0.25) is 0 Å². The maximum atomic E-state index is 0. The summed E-state index contributed by atoms with van der Waals surface area (Å²) in [5.41, 5.74) is 0. The van der Waals surface area contributed by atoms with E-state index >= 15 is 0 Å². The summed E-state index contributed by atoms with van der Waals surface area (Å²) >= 11 is 0. The van der Waals surface area contributed by atoms with E-state index in [0.29, 0.717) is 0 Å². The van der Waals surface area contributed by atoms with Crippen LogP contribution in [-0.2, 0) is 67.7 Å². The topological polar surface area (TPSA) is 0 Å². The van der Waals surface area contributed by atoms with E-state index in [-0.39, 0.29) is 91.6 Å². The molecule has 0 saturated carbocycles. The number of hydrogen-bond acceptors (Lipinski definition) is 0. The zero-order chi connectivity index (χ0) is 0. The van der Waals surface area contributed by atoms with Gasteiger partial charge in [-0.3, -0.25) is 0 Å². The predicted molar refractivity (Wildman–Crippen MR) is 8.54 cm³/mol. The predicted octanol–water partition coefficient (Wildman–Crippen LogP) is -0.926. The summed E-state index contributed by atoms with van der Waals surface area (Å²) in [6.07, 6.45) is 0. The molecule has 5 heteroatoms. The average Bonchev–Trinajstić information content (AvgIpc) is 0. The molecule has 38 valence electrons. The van der Waals surface area contributed by atoms with Gasteiger partial charge < -0.3 is 0 Å². The third-order valence-corrected chi connectivity index (χ3v) is 0. The monoisotopic (exact) mass is 346 g/mol. The molecule has 0 nitrogen and oxygen atoms in total. The molecule has 0 bridgehead atoms. The first kappa shape index (κ1) is 45.3. The molecule has 0 saturated heterocycles. The molecular weight excluding hydrogens is 343 g/mol. The van der Waals surface area contributed by atoms with Crippen molar-refractivity contribution in [3.63, 3.8) is 0 Å². The van der Waals surface area contributed by atoms with Crippen molar-refractivity contribution in [2.75, 3.05) is 0 Å². The Labute approximate surface area is 90.3 Å². The molecular formula is H2CoCrMnNiSn. The Morgan fingerprint density at radius 2 is 1.00 bits per heavy atom. The van der Waals surface area contributed by atoms with Gasteiger partial charge in [-0.2, -0.15) is 0 Å². The van der Waals surface area contributed by atoms with Gasteiger partial charge in [-0.05, 0) is 0 Å². The van der Waals surface area contributed by atoms with Crippen LogP contribution in [-0.4, -0.2) is 23.9 Å². The van der Waals surface area contributed by atoms with E-state index in [1.807, 2.05) is 0 Å². The molecule has 0 amide bonds. The second-order valence-corrected chi connectivity index (χ2v) is 0. The molecule has 0 aromatic heterocycles. The summed E-state index contributed by atoms with van der Waals surface area (Å²) in [6.45, 7) is 0. The van der Waals surface area contributed by atoms with Gasteiger partial charge in [0.05, 0.1) is 0 Å². The molecule has 0 atom stereocenters. The molecule has 4 radical (unpaired) electrons. The molecule has 0 aliphatic heterocycles. The van der Waals surface area contributed by atoms with E-state index < -0.39 is 0 Å². The summed E-state index contributed by atoms with van der Waals surface area (Å²) in [5, 5.41) is 0. The van der Waals surface area contributed by atoms with E-state index in [1.54, 1.807) is 0 Å². The molecule has 0 fully saturated rings. The number of rotatable bonds is 0. The fourth-order valence-corrected chi connectivity index (χ4v) is 0. The van der Waals surface area contributed by atoms with Crippen LogP contribution in [0.3, 0.4) is 0 Å². The van der Waals surface area contributed by atoms with Crippen molar-refractivity contribution < 1.29 is 67.7 Å². The Balaban J connectivity index is 0. The molecule has 5 heavy (non-hydrogen) atoms. The van der Waals surface area contributed by atoms with E-state index in [1.165, 1.54) is 0 Å². The van der Waals surface area contributed by atoms with Crippen LogP contribution in [0.2, 0.25) is 0 Å². The Morgan fingerprint density at radius 3 is 1.00 bits per heavy atom. The zero-order valence-corrected chi connectivity index (χ0v) is 10.7. The van der Waals surface area contributed by atoms with Gasteiger partial charge in [0.15, 0.2) is 0 Å². The van der Waals surface area contributed by atoms with Crippen LogP contribution in [0.15, 0.2) is 0 Å². The molecule has 0 aromatic rings. The SMILES string of the molecule is [Co].[Cr].[Mn].[Ni].[SnH2]. The first-order valence-electron chi connectivity index (χ1n) is 0. The van der Waals surface area contributed by atoms with E-state index in [9.17, 15) is 0 Å². The van der Waals surface area contributed by atoms with E-state index in [0.717, 1.165) is 0 Å². The zero-order valence-electron chi connectivity index (χ0n) is 2.14. The van der Waals surface area contributed by atoms with Crippen molar-refractivity contribution in [3.8, 4) is 0 Å². The summed E-state index contributed by atoms with van der Waals surface area (Å²) in [4.78, 5) is 0. The molecule has 0 aromatic carbocycles. The van der Waals surface area contributed by atoms with Crippen LogP contribution in [0.1, 0.15) is 0 Å². The van der Waals surface area contributed by atoms with E-state index in [4.69, 9.17) is 0 Å². The molecule has 0 N–H and O–H groups in total. The summed E-state index contributed by atoms with van der Waals surface area (Å²) in [7, 11) is 0. The quantitative estimate of drug-likeness (QED) is 0.498. The molecule has 0 spiro atoms. The van der Waals surface area contributed by atoms with Gasteiger partial charge in [0.25, 0.3) is 0 Å². The Morgan fingerprint density at radius 1 is 1.00 bits per heavy atom. The van der Waals surface area contributed by atoms with Crippen LogP contribution < -0.4 is 0 Å². The fourth-order valence-electron chi connectivity index (χ4n) is 0. The number of hydrogen-bond donors (Lipinski definition) is 0. The van der Waals surface area contributed by atoms with Gasteiger partial charge in [-0.25, -0.2) is 0 Å². The van der Waals surface area contributed by atoms with Crippen LogP contribution in [0.4, 0.5) is 0 Å². The normalized spacial score (nSPS) is 0. The third-order valence-electron chi connectivity index (χ3n) is 0. The van der Waals surface area contributed by atoms with Gasteiger partial charge in [-0.15, -0.1) is 0 Å². The van der Waals surface area contributed by atoms with Gasteiger partial charge in [0.1, 0.15) is 0 Å². The third kappa shape index (κ3) is 19.8. The second-order valence-electron chi connectivity index (χ2n) is 0. The molecule has 0 rings (SSSR count). The van der Waals surface area contributed by atoms with Crippen molar-refractivity contribution in [2.45, 2.75) is 0 Å². The molecule has 0 unspecified atom stereocenters. The van der Waals surface area contributed by atoms with Crippen LogP contribution >= 0.6 is 0 Å². The van der Waals surface area contributed by atoms with Crippen molar-refractivity contribution in [3.05, 3.63) is 0 Å². The molecule has 0 heterocycles. The van der Waals surface area contributed by atoms with Gasteiger partial charge >= 0.3 is 23.9 Å².